The molecule has 2 heterocycles. The van der Waals surface area contributed by atoms with Gasteiger partial charge in [0.25, 0.3) is 0 Å². The summed E-state index contributed by atoms with van der Waals surface area (Å²) in [6.45, 7) is 1.68. The fraction of sp³-hybridized carbons (Fsp3) is 0.462. The van der Waals surface area contributed by atoms with Crippen LogP contribution < -0.4 is 10.6 Å². The summed E-state index contributed by atoms with van der Waals surface area (Å²) in [4.78, 5) is 7.93. The van der Waals surface area contributed by atoms with Gasteiger partial charge in [-0.05, 0) is 13.8 Å². The number of nitrogens with zero attached hydrogens (tertiary/aromatic N) is 4. The molecule has 0 aliphatic heterocycles. The molecule has 10 heteroatoms. The predicted molar refractivity (Wildman–Crippen MR) is 91.9 cm³/mol. The summed E-state index contributed by atoms with van der Waals surface area (Å²) in [6, 6.07) is 0. The second kappa shape index (κ2) is 8.79. The van der Waals surface area contributed by atoms with E-state index in [9.17, 15) is 8.78 Å². The Kier molecular flexibility index (Phi) is 7.39. The normalized spacial score (nSPS) is 11.5. The van der Waals surface area contributed by atoms with Gasteiger partial charge in [-0.1, -0.05) is 5.16 Å². The van der Waals surface area contributed by atoms with E-state index in [0.717, 1.165) is 21.6 Å². The van der Waals surface area contributed by atoms with Crippen LogP contribution >= 0.6 is 24.0 Å². The van der Waals surface area contributed by atoms with Crippen LogP contribution in [0.5, 0.6) is 0 Å². The molecule has 0 saturated heterocycles. The Bertz CT molecular complexity index is 635. The van der Waals surface area contributed by atoms with Gasteiger partial charge in [0.1, 0.15) is 11.6 Å². The number of imidazole rings is 1. The molecule has 0 bridgehead atoms. The zero-order valence-electron chi connectivity index (χ0n) is 13.0. The molecule has 0 aliphatic rings. The van der Waals surface area contributed by atoms with Gasteiger partial charge in [0.05, 0.1) is 12.2 Å². The molecule has 0 spiro atoms. The molecule has 0 saturated carbocycles. The van der Waals surface area contributed by atoms with E-state index in [0.29, 0.717) is 12.5 Å². The highest BCUT2D eigenvalue weighted by Gasteiger charge is 2.12. The number of guanidine groups is 1. The van der Waals surface area contributed by atoms with Crippen molar-refractivity contribution in [2.24, 2.45) is 4.99 Å². The van der Waals surface area contributed by atoms with Crippen molar-refractivity contribution in [3.05, 3.63) is 35.2 Å². The first kappa shape index (κ1) is 19.3. The Hall–Kier alpha value is -1.72. The number of hydrogen-bond acceptors (Lipinski definition) is 4. The third-order valence-electron chi connectivity index (χ3n) is 3.21. The van der Waals surface area contributed by atoms with Crippen molar-refractivity contribution in [2.45, 2.75) is 33.5 Å². The van der Waals surface area contributed by atoms with Crippen LogP contribution in [0, 0.1) is 13.8 Å². The lowest BCUT2D eigenvalue weighted by Gasteiger charge is -2.12. The van der Waals surface area contributed by atoms with E-state index in [-0.39, 0.29) is 36.3 Å². The van der Waals surface area contributed by atoms with E-state index in [1.54, 1.807) is 7.05 Å². The van der Waals surface area contributed by atoms with Crippen LogP contribution in [0.3, 0.4) is 0 Å². The molecule has 2 aromatic heterocycles. The van der Waals surface area contributed by atoms with Gasteiger partial charge < -0.3 is 15.2 Å². The maximum Gasteiger partial charge on any atom is 0.319 e. The first-order valence-electron chi connectivity index (χ1n) is 6.69. The number of hydrogen-bond donors (Lipinski definition) is 2. The Morgan fingerprint density at radius 3 is 2.61 bits per heavy atom. The first-order valence-corrected chi connectivity index (χ1v) is 6.69. The highest BCUT2D eigenvalue weighted by molar-refractivity contribution is 14.0. The Labute approximate surface area is 149 Å². The van der Waals surface area contributed by atoms with Gasteiger partial charge in [-0.25, -0.2) is 4.98 Å². The molecule has 2 N–H and O–H groups in total. The Morgan fingerprint density at radius 2 is 2.04 bits per heavy atom. The van der Waals surface area contributed by atoms with Crippen molar-refractivity contribution in [3.8, 4) is 0 Å². The van der Waals surface area contributed by atoms with Crippen LogP contribution in [-0.4, -0.2) is 27.7 Å². The van der Waals surface area contributed by atoms with Gasteiger partial charge in [-0.15, -0.1) is 24.0 Å². The van der Waals surface area contributed by atoms with Crippen LogP contribution in [0.4, 0.5) is 8.78 Å². The average molecular weight is 440 g/mol. The number of aromatic nitrogens is 3. The summed E-state index contributed by atoms with van der Waals surface area (Å²) in [7, 11) is 1.60. The molecule has 0 aromatic carbocycles. The molecule has 0 aliphatic carbocycles. The number of alkyl halides is 2. The zero-order chi connectivity index (χ0) is 16.1. The van der Waals surface area contributed by atoms with Crippen molar-refractivity contribution in [2.75, 3.05) is 7.05 Å². The molecule has 2 rings (SSSR count). The molecule has 0 radical (unpaired) electrons. The highest BCUT2D eigenvalue weighted by atomic mass is 127. The predicted octanol–water partition coefficient (Wildman–Crippen LogP) is 2.37. The topological polar surface area (TPSA) is 80.3 Å². The van der Waals surface area contributed by atoms with Crippen LogP contribution in [0.15, 0.2) is 21.9 Å². The molecular formula is C13H19F2IN6O. The molecule has 128 valence electrons. The van der Waals surface area contributed by atoms with Gasteiger partial charge in [0.15, 0.2) is 5.96 Å². The second-order valence-electron chi connectivity index (χ2n) is 4.61. The quantitative estimate of drug-likeness (QED) is 0.424. The summed E-state index contributed by atoms with van der Waals surface area (Å²) in [5, 5.41) is 9.88. The number of aliphatic imine (C=N–C) groups is 1. The second-order valence-corrected chi connectivity index (χ2v) is 4.61. The van der Waals surface area contributed by atoms with Gasteiger partial charge >= 0.3 is 6.55 Å². The van der Waals surface area contributed by atoms with Crippen LogP contribution in [0.1, 0.15) is 29.4 Å². The summed E-state index contributed by atoms with van der Waals surface area (Å²) >= 11 is 0. The van der Waals surface area contributed by atoms with Gasteiger partial charge in [-0.2, -0.15) is 8.78 Å². The van der Waals surface area contributed by atoms with Crippen molar-refractivity contribution >= 4 is 29.9 Å². The molecule has 7 nitrogen and oxygen atoms in total. The SMILES string of the molecule is CN=C(NCc1c(C)noc1C)NCc1nccn1C(F)F.I. The maximum atomic E-state index is 12.7. The van der Waals surface area contributed by atoms with Crippen molar-refractivity contribution in [1.82, 2.24) is 25.3 Å². The number of aryl methyl sites for hydroxylation is 2. The Balaban J connectivity index is 0.00000264. The fourth-order valence-corrected chi connectivity index (χ4v) is 1.97. The molecule has 0 fully saturated rings. The van der Waals surface area contributed by atoms with Crippen molar-refractivity contribution < 1.29 is 13.3 Å². The third kappa shape index (κ3) is 4.88. The third-order valence-corrected chi connectivity index (χ3v) is 3.21. The molecule has 0 atom stereocenters. The summed E-state index contributed by atoms with van der Waals surface area (Å²) < 4.78 is 31.3. The number of rotatable bonds is 5. The van der Waals surface area contributed by atoms with Crippen LogP contribution in [0.25, 0.3) is 0 Å². The highest BCUT2D eigenvalue weighted by Crippen LogP contribution is 2.12. The van der Waals surface area contributed by atoms with E-state index in [1.165, 1.54) is 12.4 Å². The summed E-state index contributed by atoms with van der Waals surface area (Å²) in [5.41, 5.74) is 1.74. The minimum atomic E-state index is -2.61. The minimum absolute atomic E-state index is 0. The van der Waals surface area contributed by atoms with Crippen LogP contribution in [0.2, 0.25) is 0 Å². The maximum absolute atomic E-state index is 12.7. The lowest BCUT2D eigenvalue weighted by atomic mass is 10.2. The minimum Gasteiger partial charge on any atom is -0.361 e. The number of halogens is 3. The van der Waals surface area contributed by atoms with E-state index < -0.39 is 6.55 Å². The monoisotopic (exact) mass is 440 g/mol. The molecular weight excluding hydrogens is 421 g/mol. The lowest BCUT2D eigenvalue weighted by Crippen LogP contribution is -2.37. The van der Waals surface area contributed by atoms with E-state index in [1.807, 2.05) is 13.8 Å². The van der Waals surface area contributed by atoms with Gasteiger partial charge in [0, 0.05) is 31.5 Å². The molecule has 0 amide bonds. The standard InChI is InChI=1S/C13H18F2N6O.HI/c1-8-10(9(2)22-20-8)6-18-13(16-3)19-7-11-17-4-5-21(11)12(14)15;/h4-5,12H,6-7H2,1-3H3,(H2,16,18,19);1H. The molecule has 0 unspecified atom stereocenters. The zero-order valence-corrected chi connectivity index (χ0v) is 15.3. The summed E-state index contributed by atoms with van der Waals surface area (Å²) in [5.74, 6) is 1.44. The van der Waals surface area contributed by atoms with E-state index in [4.69, 9.17) is 4.52 Å². The molecule has 23 heavy (non-hydrogen) atoms. The largest absolute Gasteiger partial charge is 0.361 e. The van der Waals surface area contributed by atoms with Gasteiger partial charge in [-0.3, -0.25) is 9.56 Å². The van der Waals surface area contributed by atoms with Crippen molar-refractivity contribution in [1.29, 1.82) is 0 Å². The summed E-state index contributed by atoms with van der Waals surface area (Å²) in [6.07, 6.45) is 2.57. The van der Waals surface area contributed by atoms with Crippen molar-refractivity contribution in [3.63, 3.8) is 0 Å². The van der Waals surface area contributed by atoms with Gasteiger partial charge in [0.2, 0.25) is 0 Å². The fourth-order valence-electron chi connectivity index (χ4n) is 1.97. The lowest BCUT2D eigenvalue weighted by molar-refractivity contribution is 0.0668. The smallest absolute Gasteiger partial charge is 0.319 e. The van der Waals surface area contributed by atoms with E-state index >= 15 is 0 Å². The Morgan fingerprint density at radius 1 is 1.35 bits per heavy atom. The number of nitrogens with one attached hydrogen (secondary N) is 2. The first-order chi connectivity index (χ1) is 10.5. The molecule has 2 aromatic rings. The van der Waals surface area contributed by atoms with Crippen LogP contribution in [-0.2, 0) is 13.1 Å². The van der Waals surface area contributed by atoms with E-state index in [2.05, 4.69) is 25.8 Å². The average Bonchev–Trinajstić information content (AvgIpc) is 3.08.